The number of carbonyl (C=O) groups excluding carboxylic acids is 1. The van der Waals surface area contributed by atoms with Gasteiger partial charge in [-0.2, -0.15) is 5.10 Å². The third-order valence-corrected chi connectivity index (χ3v) is 4.64. The molecule has 7 heteroatoms. The van der Waals surface area contributed by atoms with Crippen molar-refractivity contribution in [2.24, 2.45) is 11.8 Å². The zero-order valence-electron chi connectivity index (χ0n) is 14.8. The van der Waals surface area contributed by atoms with Crippen molar-refractivity contribution in [2.75, 3.05) is 18.4 Å². The van der Waals surface area contributed by atoms with E-state index in [9.17, 15) is 14.7 Å². The van der Waals surface area contributed by atoms with Crippen molar-refractivity contribution >= 4 is 28.6 Å². The van der Waals surface area contributed by atoms with Gasteiger partial charge in [-0.1, -0.05) is 6.92 Å². The topological polar surface area (TPSA) is 87.5 Å². The number of nitrogens with one attached hydrogen (secondary N) is 1. The van der Waals surface area contributed by atoms with E-state index >= 15 is 0 Å². The predicted octanol–water partition coefficient (Wildman–Crippen LogP) is 3.19. The van der Waals surface area contributed by atoms with E-state index < -0.39 is 11.9 Å². The van der Waals surface area contributed by atoms with E-state index in [1.807, 2.05) is 36.0 Å². The second-order valence-corrected chi connectivity index (χ2v) is 7.17. The molecular formula is C18H24N4O3. The minimum absolute atomic E-state index is 0.172. The molecule has 1 aromatic heterocycles. The van der Waals surface area contributed by atoms with Crippen LogP contribution in [-0.2, 0) is 4.79 Å². The summed E-state index contributed by atoms with van der Waals surface area (Å²) >= 11 is 0. The zero-order chi connectivity index (χ0) is 18.1. The van der Waals surface area contributed by atoms with Gasteiger partial charge < -0.3 is 15.3 Å². The van der Waals surface area contributed by atoms with Crippen LogP contribution in [0.3, 0.4) is 0 Å². The van der Waals surface area contributed by atoms with E-state index in [0.717, 1.165) is 10.9 Å². The molecule has 2 aromatic rings. The summed E-state index contributed by atoms with van der Waals surface area (Å²) in [7, 11) is 0. The number of aliphatic carboxylic acids is 1. The van der Waals surface area contributed by atoms with Crippen molar-refractivity contribution in [2.45, 2.75) is 33.2 Å². The molecule has 1 saturated heterocycles. The second kappa shape index (κ2) is 6.74. The number of anilines is 1. The maximum absolute atomic E-state index is 12.6. The lowest BCUT2D eigenvalue weighted by molar-refractivity contribution is -0.143. The lowest BCUT2D eigenvalue weighted by Crippen LogP contribution is -2.47. The number of benzene rings is 1. The predicted molar refractivity (Wildman–Crippen MR) is 95.6 cm³/mol. The Hall–Kier alpha value is -2.57. The molecule has 2 amide bonds. The highest BCUT2D eigenvalue weighted by molar-refractivity contribution is 5.93. The first kappa shape index (κ1) is 17.3. The van der Waals surface area contributed by atoms with Crippen LogP contribution in [0.4, 0.5) is 10.5 Å². The van der Waals surface area contributed by atoms with Gasteiger partial charge in [-0.3, -0.25) is 9.48 Å². The number of hydrogen-bond donors (Lipinski definition) is 2. The number of amides is 2. The van der Waals surface area contributed by atoms with E-state index in [1.165, 1.54) is 0 Å². The van der Waals surface area contributed by atoms with Crippen LogP contribution in [0.25, 0.3) is 10.9 Å². The summed E-state index contributed by atoms with van der Waals surface area (Å²) in [6.45, 7) is 6.90. The van der Waals surface area contributed by atoms with E-state index in [2.05, 4.69) is 24.3 Å². The maximum Gasteiger partial charge on any atom is 0.321 e. The molecule has 7 nitrogen and oxygen atoms in total. The molecule has 1 aliphatic rings. The molecule has 3 rings (SSSR count). The van der Waals surface area contributed by atoms with Gasteiger partial charge in [0.1, 0.15) is 0 Å². The minimum Gasteiger partial charge on any atom is -0.481 e. The molecule has 0 radical (unpaired) electrons. The normalized spacial score (nSPS) is 20.9. The summed E-state index contributed by atoms with van der Waals surface area (Å²) in [5, 5.41) is 17.5. The number of likely N-dealkylation sites (tertiary alicyclic amines) is 1. The van der Waals surface area contributed by atoms with E-state index in [-0.39, 0.29) is 24.5 Å². The molecule has 134 valence electrons. The Kier molecular flexibility index (Phi) is 4.65. The van der Waals surface area contributed by atoms with E-state index in [4.69, 9.17) is 0 Å². The molecule has 1 fully saturated rings. The van der Waals surface area contributed by atoms with E-state index in [1.54, 1.807) is 4.90 Å². The molecule has 2 heterocycles. The number of carboxylic acid groups (broad SMARTS) is 1. The fraction of sp³-hybridized carbons (Fsp3) is 0.500. The van der Waals surface area contributed by atoms with E-state index in [0.29, 0.717) is 18.7 Å². The van der Waals surface area contributed by atoms with Gasteiger partial charge in [-0.15, -0.1) is 0 Å². The smallest absolute Gasteiger partial charge is 0.321 e. The van der Waals surface area contributed by atoms with Crippen LogP contribution in [0, 0.1) is 11.8 Å². The Morgan fingerprint density at radius 2 is 2.08 bits per heavy atom. The van der Waals surface area contributed by atoms with Crippen LogP contribution in [0.5, 0.6) is 0 Å². The van der Waals surface area contributed by atoms with Gasteiger partial charge in [0, 0.05) is 30.2 Å². The van der Waals surface area contributed by atoms with Crippen LogP contribution in [-0.4, -0.2) is 44.9 Å². The molecule has 25 heavy (non-hydrogen) atoms. The first-order valence-electron chi connectivity index (χ1n) is 8.61. The highest BCUT2D eigenvalue weighted by atomic mass is 16.4. The number of carboxylic acids is 1. The largest absolute Gasteiger partial charge is 0.481 e. The summed E-state index contributed by atoms with van der Waals surface area (Å²) in [4.78, 5) is 25.4. The first-order chi connectivity index (χ1) is 11.8. The summed E-state index contributed by atoms with van der Waals surface area (Å²) < 4.78 is 1.91. The number of aromatic nitrogens is 2. The van der Waals surface area contributed by atoms with Gasteiger partial charge in [-0.05, 0) is 44.4 Å². The summed E-state index contributed by atoms with van der Waals surface area (Å²) in [6, 6.07) is 5.64. The Balaban J connectivity index is 1.77. The number of hydrogen-bond acceptors (Lipinski definition) is 3. The van der Waals surface area contributed by atoms with Crippen molar-refractivity contribution in [1.82, 2.24) is 14.7 Å². The molecule has 1 aromatic carbocycles. The first-order valence-corrected chi connectivity index (χ1v) is 8.61. The van der Waals surface area contributed by atoms with Crippen LogP contribution >= 0.6 is 0 Å². The summed E-state index contributed by atoms with van der Waals surface area (Å²) in [6.07, 6.45) is 2.42. The molecule has 0 saturated carbocycles. The minimum atomic E-state index is -0.841. The number of piperidine rings is 1. The van der Waals surface area contributed by atoms with Crippen molar-refractivity contribution in [1.29, 1.82) is 0 Å². The fourth-order valence-corrected chi connectivity index (χ4v) is 3.43. The maximum atomic E-state index is 12.6. The number of fused-ring (bicyclic) bond motifs is 1. The van der Waals surface area contributed by atoms with Crippen LogP contribution in [0.15, 0.2) is 24.4 Å². The molecule has 2 N–H and O–H groups in total. The summed E-state index contributed by atoms with van der Waals surface area (Å²) in [5.74, 6) is -1.17. The molecule has 0 spiro atoms. The number of carbonyl (C=O) groups is 2. The number of nitrogens with zero attached hydrogens (tertiary/aromatic N) is 3. The van der Waals surface area contributed by atoms with Crippen molar-refractivity contribution in [3.8, 4) is 0 Å². The molecule has 2 unspecified atom stereocenters. The Morgan fingerprint density at radius 3 is 2.76 bits per heavy atom. The Morgan fingerprint density at radius 1 is 1.32 bits per heavy atom. The van der Waals surface area contributed by atoms with Crippen LogP contribution in [0.1, 0.15) is 33.2 Å². The Bertz CT molecular complexity index is 799. The van der Waals surface area contributed by atoms with Gasteiger partial charge in [-0.25, -0.2) is 4.79 Å². The van der Waals surface area contributed by atoms with Gasteiger partial charge in [0.05, 0.1) is 17.6 Å². The quantitative estimate of drug-likeness (QED) is 0.895. The number of rotatable bonds is 3. The molecular weight excluding hydrogens is 320 g/mol. The molecule has 0 bridgehead atoms. The monoisotopic (exact) mass is 344 g/mol. The molecule has 2 atom stereocenters. The summed E-state index contributed by atoms with van der Waals surface area (Å²) in [5.41, 5.74) is 1.65. The zero-order valence-corrected chi connectivity index (χ0v) is 14.8. The third-order valence-electron chi connectivity index (χ3n) is 4.64. The lowest BCUT2D eigenvalue weighted by Gasteiger charge is -2.34. The third kappa shape index (κ3) is 3.60. The van der Waals surface area contributed by atoms with Crippen molar-refractivity contribution in [3.05, 3.63) is 24.4 Å². The molecule has 0 aliphatic carbocycles. The average Bonchev–Trinajstić information content (AvgIpc) is 2.97. The van der Waals surface area contributed by atoms with Gasteiger partial charge >= 0.3 is 12.0 Å². The number of urea groups is 1. The van der Waals surface area contributed by atoms with Gasteiger partial charge in [0.25, 0.3) is 0 Å². The highest BCUT2D eigenvalue weighted by Gasteiger charge is 2.31. The average molecular weight is 344 g/mol. The van der Waals surface area contributed by atoms with Crippen LogP contribution in [0.2, 0.25) is 0 Å². The highest BCUT2D eigenvalue weighted by Crippen LogP contribution is 2.24. The fourth-order valence-electron chi connectivity index (χ4n) is 3.43. The Labute approximate surface area is 146 Å². The van der Waals surface area contributed by atoms with Gasteiger partial charge in [0.2, 0.25) is 0 Å². The van der Waals surface area contributed by atoms with Gasteiger partial charge in [0.15, 0.2) is 0 Å². The standard InChI is InChI=1S/C18H24N4O3/c1-11(2)22-16-7-15(5-4-13(16)8-19-22)20-18(25)21-9-12(3)6-14(10-21)17(23)24/h4-5,7-8,11-12,14H,6,9-10H2,1-3H3,(H,20,25)(H,23,24). The van der Waals surface area contributed by atoms with Crippen LogP contribution < -0.4 is 5.32 Å². The van der Waals surface area contributed by atoms with Crippen molar-refractivity contribution < 1.29 is 14.7 Å². The second-order valence-electron chi connectivity index (χ2n) is 7.17. The molecule has 1 aliphatic heterocycles. The lowest BCUT2D eigenvalue weighted by atomic mass is 9.91. The SMILES string of the molecule is CC1CC(C(=O)O)CN(C(=O)Nc2ccc3cnn(C(C)C)c3c2)C1. The van der Waals surface area contributed by atoms with Crippen molar-refractivity contribution in [3.63, 3.8) is 0 Å².